The minimum absolute atomic E-state index is 0.0444. The second-order valence-electron chi connectivity index (χ2n) is 4.68. The van der Waals surface area contributed by atoms with Gasteiger partial charge in [0.2, 0.25) is 0 Å². The van der Waals surface area contributed by atoms with E-state index in [0.29, 0.717) is 6.54 Å². The molecule has 1 amide bonds. The maximum atomic E-state index is 12.1. The summed E-state index contributed by atoms with van der Waals surface area (Å²) in [5.41, 5.74) is 4.78. The van der Waals surface area contributed by atoms with Crippen molar-refractivity contribution >= 4 is 28.9 Å². The number of hydrazine groups is 1. The van der Waals surface area contributed by atoms with Gasteiger partial charge in [0.05, 0.1) is 17.6 Å². The third-order valence-electron chi connectivity index (χ3n) is 2.99. The van der Waals surface area contributed by atoms with Gasteiger partial charge in [0.15, 0.2) is 5.11 Å². The first-order valence-electron chi connectivity index (χ1n) is 7.16. The summed E-state index contributed by atoms with van der Waals surface area (Å²) in [5, 5.41) is 14.0. The lowest BCUT2D eigenvalue weighted by Crippen LogP contribution is -2.47. The van der Waals surface area contributed by atoms with Gasteiger partial charge in [-0.3, -0.25) is 25.8 Å². The molecule has 0 aromatic heterocycles. The van der Waals surface area contributed by atoms with Crippen molar-refractivity contribution in [3.63, 3.8) is 0 Å². The summed E-state index contributed by atoms with van der Waals surface area (Å²) in [6, 6.07) is 3.78. The number of nitrogens with zero attached hydrogens (tertiary/aromatic N) is 1. The number of nitrogens with one attached hydrogen (secondary N) is 3. The van der Waals surface area contributed by atoms with Crippen molar-refractivity contribution in [2.75, 3.05) is 13.7 Å². The number of methoxy groups -OCH3 is 1. The fourth-order valence-electron chi connectivity index (χ4n) is 1.79. The largest absolute Gasteiger partial charge is 0.496 e. The highest BCUT2D eigenvalue weighted by Crippen LogP contribution is 2.23. The summed E-state index contributed by atoms with van der Waals surface area (Å²) in [4.78, 5) is 22.3. The van der Waals surface area contributed by atoms with Crippen LogP contribution in [0.3, 0.4) is 0 Å². The van der Waals surface area contributed by atoms with Crippen LogP contribution in [0.4, 0.5) is 5.69 Å². The van der Waals surface area contributed by atoms with Crippen LogP contribution in [0.5, 0.6) is 5.75 Å². The summed E-state index contributed by atoms with van der Waals surface area (Å²) in [6.45, 7) is 2.80. The Morgan fingerprint density at radius 2 is 2.09 bits per heavy atom. The van der Waals surface area contributed by atoms with Crippen LogP contribution in [0.25, 0.3) is 0 Å². The quantitative estimate of drug-likeness (QED) is 0.301. The van der Waals surface area contributed by atoms with E-state index in [1.807, 2.05) is 0 Å². The number of non-ortho nitro benzene ring substituents is 1. The van der Waals surface area contributed by atoms with E-state index >= 15 is 0 Å². The summed E-state index contributed by atoms with van der Waals surface area (Å²) in [5.74, 6) is -0.347. The molecule has 0 fully saturated rings. The van der Waals surface area contributed by atoms with E-state index in [9.17, 15) is 14.9 Å². The zero-order chi connectivity index (χ0) is 17.2. The third kappa shape index (κ3) is 6.07. The molecule has 0 aliphatic heterocycles. The van der Waals surface area contributed by atoms with Crippen molar-refractivity contribution in [1.29, 1.82) is 0 Å². The Morgan fingerprint density at radius 3 is 2.70 bits per heavy atom. The Hall–Kier alpha value is -2.42. The van der Waals surface area contributed by atoms with Crippen LogP contribution in [0.1, 0.15) is 36.5 Å². The first kappa shape index (κ1) is 18.6. The molecule has 0 aliphatic rings. The lowest BCUT2D eigenvalue weighted by atomic mass is 10.1. The van der Waals surface area contributed by atoms with E-state index in [4.69, 9.17) is 17.0 Å². The van der Waals surface area contributed by atoms with Gasteiger partial charge in [-0.05, 0) is 24.7 Å². The Labute approximate surface area is 139 Å². The number of nitro groups is 1. The van der Waals surface area contributed by atoms with Crippen LogP contribution < -0.4 is 20.9 Å². The van der Waals surface area contributed by atoms with Gasteiger partial charge in [-0.2, -0.15) is 0 Å². The van der Waals surface area contributed by atoms with E-state index < -0.39 is 10.8 Å². The van der Waals surface area contributed by atoms with Gasteiger partial charge in [0, 0.05) is 18.7 Å². The maximum absolute atomic E-state index is 12.1. The SMILES string of the molecule is CCCCCNC(=S)NNC(=O)c1cc([N+](=O)[O-])ccc1OC. The molecular weight excluding hydrogens is 320 g/mol. The molecule has 8 nitrogen and oxygen atoms in total. The van der Waals surface area contributed by atoms with Crippen LogP contribution in [-0.4, -0.2) is 29.6 Å². The molecule has 0 aliphatic carbocycles. The van der Waals surface area contributed by atoms with Gasteiger partial charge >= 0.3 is 0 Å². The Morgan fingerprint density at radius 1 is 1.35 bits per heavy atom. The molecule has 0 saturated heterocycles. The van der Waals surface area contributed by atoms with Gasteiger partial charge < -0.3 is 10.1 Å². The van der Waals surface area contributed by atoms with E-state index in [1.165, 1.54) is 19.2 Å². The highest BCUT2D eigenvalue weighted by molar-refractivity contribution is 7.80. The van der Waals surface area contributed by atoms with Crippen molar-refractivity contribution in [1.82, 2.24) is 16.2 Å². The molecule has 1 aromatic carbocycles. The number of unbranched alkanes of at least 4 members (excludes halogenated alkanes) is 2. The number of rotatable bonds is 7. The fourth-order valence-corrected chi connectivity index (χ4v) is 1.94. The summed E-state index contributed by atoms with van der Waals surface area (Å²) in [6.07, 6.45) is 3.17. The number of thiocarbonyl (C=S) groups is 1. The Balaban J connectivity index is 2.61. The molecule has 1 aromatic rings. The number of hydrogen-bond acceptors (Lipinski definition) is 5. The minimum Gasteiger partial charge on any atom is -0.496 e. The second-order valence-corrected chi connectivity index (χ2v) is 5.09. The number of carbonyl (C=O) groups is 1. The number of amides is 1. The van der Waals surface area contributed by atoms with Gasteiger partial charge in [-0.1, -0.05) is 19.8 Å². The van der Waals surface area contributed by atoms with Crippen molar-refractivity contribution in [2.24, 2.45) is 0 Å². The number of carbonyl (C=O) groups excluding carboxylic acids is 1. The fraction of sp³-hybridized carbons (Fsp3) is 0.429. The molecular formula is C14H20N4O4S. The topological polar surface area (TPSA) is 106 Å². The zero-order valence-electron chi connectivity index (χ0n) is 13.0. The van der Waals surface area contributed by atoms with Crippen molar-refractivity contribution in [3.8, 4) is 5.75 Å². The van der Waals surface area contributed by atoms with E-state index in [-0.39, 0.29) is 22.1 Å². The second kappa shape index (κ2) is 9.57. The highest BCUT2D eigenvalue weighted by atomic mass is 32.1. The average Bonchev–Trinajstić information content (AvgIpc) is 2.55. The van der Waals surface area contributed by atoms with Crippen LogP contribution >= 0.6 is 12.2 Å². The molecule has 0 unspecified atom stereocenters. The van der Waals surface area contributed by atoms with Gasteiger partial charge in [-0.25, -0.2) is 0 Å². The molecule has 0 heterocycles. The monoisotopic (exact) mass is 340 g/mol. The predicted molar refractivity (Wildman–Crippen MR) is 90.4 cm³/mol. The van der Waals surface area contributed by atoms with Gasteiger partial charge in [0.25, 0.3) is 11.6 Å². The van der Waals surface area contributed by atoms with Crippen molar-refractivity contribution < 1.29 is 14.5 Å². The molecule has 0 atom stereocenters. The summed E-state index contributed by atoms with van der Waals surface area (Å²) < 4.78 is 5.04. The molecule has 0 saturated carbocycles. The molecule has 126 valence electrons. The molecule has 23 heavy (non-hydrogen) atoms. The van der Waals surface area contributed by atoms with Gasteiger partial charge in [0.1, 0.15) is 5.75 Å². The minimum atomic E-state index is -0.580. The molecule has 0 spiro atoms. The Kier molecular flexibility index (Phi) is 7.75. The number of hydrogen-bond donors (Lipinski definition) is 3. The molecule has 0 radical (unpaired) electrons. The number of nitro benzene ring substituents is 1. The van der Waals surface area contributed by atoms with Crippen molar-refractivity contribution in [2.45, 2.75) is 26.2 Å². The normalized spacial score (nSPS) is 9.83. The maximum Gasteiger partial charge on any atom is 0.273 e. The van der Waals surface area contributed by atoms with Crippen LogP contribution in [-0.2, 0) is 0 Å². The molecule has 0 bridgehead atoms. The highest BCUT2D eigenvalue weighted by Gasteiger charge is 2.17. The third-order valence-corrected chi connectivity index (χ3v) is 3.24. The van der Waals surface area contributed by atoms with E-state index in [2.05, 4.69) is 23.1 Å². The lowest BCUT2D eigenvalue weighted by Gasteiger charge is -2.12. The summed E-state index contributed by atoms with van der Waals surface area (Å²) in [7, 11) is 1.38. The first-order chi connectivity index (χ1) is 11.0. The molecule has 1 rings (SSSR count). The van der Waals surface area contributed by atoms with Gasteiger partial charge in [-0.15, -0.1) is 0 Å². The van der Waals surface area contributed by atoms with E-state index in [1.54, 1.807) is 0 Å². The van der Waals surface area contributed by atoms with E-state index in [0.717, 1.165) is 25.3 Å². The molecule has 9 heteroatoms. The molecule has 3 N–H and O–H groups in total. The predicted octanol–water partition coefficient (Wildman–Crippen LogP) is 1.90. The number of ether oxygens (including phenoxy) is 1. The Bertz CT molecular complexity index is 580. The zero-order valence-corrected chi connectivity index (χ0v) is 13.9. The van der Waals surface area contributed by atoms with Crippen LogP contribution in [0.15, 0.2) is 18.2 Å². The smallest absolute Gasteiger partial charge is 0.273 e. The summed E-state index contributed by atoms with van der Waals surface area (Å²) >= 11 is 5.02. The average molecular weight is 340 g/mol. The standard InChI is InChI=1S/C14H20N4O4S/c1-3-4-5-8-15-14(23)17-16-13(19)11-9-10(18(20)21)6-7-12(11)22-2/h6-7,9H,3-5,8H2,1-2H3,(H,16,19)(H2,15,17,23). The lowest BCUT2D eigenvalue weighted by molar-refractivity contribution is -0.384. The van der Waals surface area contributed by atoms with Crippen molar-refractivity contribution in [3.05, 3.63) is 33.9 Å². The first-order valence-corrected chi connectivity index (χ1v) is 7.57. The van der Waals surface area contributed by atoms with Crippen LogP contribution in [0, 0.1) is 10.1 Å². The van der Waals surface area contributed by atoms with Crippen LogP contribution in [0.2, 0.25) is 0 Å². The number of benzene rings is 1.